The lowest BCUT2D eigenvalue weighted by molar-refractivity contribution is 0.0727. The van der Waals surface area contributed by atoms with E-state index in [-0.39, 0.29) is 22.9 Å². The molecule has 0 spiro atoms. The van der Waals surface area contributed by atoms with Gasteiger partial charge in [-0.1, -0.05) is 6.07 Å². The fourth-order valence-electron chi connectivity index (χ4n) is 4.70. The molecule has 0 radical (unpaired) electrons. The number of carbonyl (C=O) groups excluding carboxylic acids is 2. The van der Waals surface area contributed by atoms with E-state index in [9.17, 15) is 9.59 Å². The molecule has 38 heavy (non-hydrogen) atoms. The first-order valence-electron chi connectivity index (χ1n) is 12.1. The van der Waals surface area contributed by atoms with Crippen LogP contribution < -0.4 is 23.7 Å². The zero-order valence-corrected chi connectivity index (χ0v) is 21.8. The molecule has 2 heterocycles. The van der Waals surface area contributed by atoms with Crippen molar-refractivity contribution in [3.8, 4) is 28.7 Å². The van der Waals surface area contributed by atoms with Gasteiger partial charge in [-0.2, -0.15) is 0 Å². The number of hydrogen-bond acceptors (Lipinski definition) is 7. The molecule has 0 aliphatic carbocycles. The molecular weight excluding hydrogens is 486 g/mol. The maximum Gasteiger partial charge on any atom is 0.351 e. The summed E-state index contributed by atoms with van der Waals surface area (Å²) in [4.78, 5) is 26.4. The van der Waals surface area contributed by atoms with Crippen molar-refractivity contribution < 1.29 is 33.3 Å². The average Bonchev–Trinajstić information content (AvgIpc) is 3.44. The minimum atomic E-state index is -0.653. The molecular formula is C30H27NO7. The topological polar surface area (TPSA) is 85.2 Å². The summed E-state index contributed by atoms with van der Waals surface area (Å²) in [6.07, 6.45) is 3.72. The first-order valence-corrected chi connectivity index (χ1v) is 12.1. The van der Waals surface area contributed by atoms with Crippen molar-refractivity contribution in [1.82, 2.24) is 4.57 Å². The Hall–Kier alpha value is -4.72. The van der Waals surface area contributed by atoms with Crippen molar-refractivity contribution in [1.29, 1.82) is 0 Å². The average molecular weight is 514 g/mol. The van der Waals surface area contributed by atoms with Crippen molar-refractivity contribution in [2.24, 2.45) is 0 Å². The number of ketones is 1. The van der Waals surface area contributed by atoms with Crippen molar-refractivity contribution >= 4 is 28.7 Å². The number of hydrogen-bond donors (Lipinski definition) is 0. The van der Waals surface area contributed by atoms with Crippen LogP contribution in [0.3, 0.4) is 0 Å². The van der Waals surface area contributed by atoms with E-state index in [1.807, 2.05) is 24.4 Å². The maximum atomic E-state index is 13.3. The molecule has 0 saturated heterocycles. The molecule has 3 aromatic carbocycles. The van der Waals surface area contributed by atoms with Crippen LogP contribution >= 0.6 is 0 Å². The Morgan fingerprint density at radius 1 is 0.974 bits per heavy atom. The van der Waals surface area contributed by atoms with Crippen molar-refractivity contribution in [2.45, 2.75) is 20.4 Å². The summed E-state index contributed by atoms with van der Waals surface area (Å²) < 4.78 is 29.8. The molecule has 1 aliphatic rings. The van der Waals surface area contributed by atoms with Gasteiger partial charge >= 0.3 is 5.97 Å². The quantitative estimate of drug-likeness (QED) is 0.175. The van der Waals surface area contributed by atoms with Gasteiger partial charge in [0.15, 0.2) is 5.76 Å². The molecule has 0 N–H and O–H groups in total. The van der Waals surface area contributed by atoms with Crippen LogP contribution in [-0.4, -0.2) is 37.6 Å². The summed E-state index contributed by atoms with van der Waals surface area (Å²) >= 11 is 0. The summed E-state index contributed by atoms with van der Waals surface area (Å²) in [7, 11) is 4.55. The van der Waals surface area contributed by atoms with Gasteiger partial charge in [0, 0.05) is 35.3 Å². The number of aryl methyl sites for hydroxylation is 2. The van der Waals surface area contributed by atoms with Gasteiger partial charge in [0.2, 0.25) is 5.78 Å². The van der Waals surface area contributed by atoms with Gasteiger partial charge in [-0.25, -0.2) is 4.79 Å². The SMILES string of the molecule is CCn1cc(/C=C2\Oc3cc(OC(=O)c4c(OC)cccc4OC)cc(C)c3C2=O)c2cc(OC)ccc21. The van der Waals surface area contributed by atoms with Crippen LogP contribution in [0.25, 0.3) is 17.0 Å². The zero-order chi connectivity index (χ0) is 27.0. The second-order valence-electron chi connectivity index (χ2n) is 8.73. The number of Topliss-reactive ketones (excluding diaryl/α,β-unsaturated/α-hetero) is 1. The zero-order valence-electron chi connectivity index (χ0n) is 21.8. The number of benzene rings is 3. The van der Waals surface area contributed by atoms with Gasteiger partial charge < -0.3 is 28.3 Å². The molecule has 5 rings (SSSR count). The Morgan fingerprint density at radius 3 is 2.37 bits per heavy atom. The summed E-state index contributed by atoms with van der Waals surface area (Å²) in [5.74, 6) is 1.24. The van der Waals surface area contributed by atoms with E-state index in [4.69, 9.17) is 23.7 Å². The monoisotopic (exact) mass is 513 g/mol. The predicted molar refractivity (Wildman–Crippen MR) is 143 cm³/mol. The number of carbonyl (C=O) groups is 2. The number of allylic oxidation sites excluding steroid dienone is 1. The summed E-state index contributed by atoms with van der Waals surface area (Å²) in [6, 6.07) is 14.0. The van der Waals surface area contributed by atoms with Crippen LogP contribution in [0.1, 0.15) is 38.8 Å². The first kappa shape index (κ1) is 25.0. The largest absolute Gasteiger partial charge is 0.497 e. The van der Waals surface area contributed by atoms with Gasteiger partial charge in [-0.15, -0.1) is 0 Å². The van der Waals surface area contributed by atoms with Gasteiger partial charge in [0.1, 0.15) is 34.3 Å². The number of esters is 1. The van der Waals surface area contributed by atoms with Crippen LogP contribution in [0.2, 0.25) is 0 Å². The highest BCUT2D eigenvalue weighted by Crippen LogP contribution is 2.39. The summed E-state index contributed by atoms with van der Waals surface area (Å²) in [6.45, 7) is 4.60. The number of nitrogens with zero attached hydrogens (tertiary/aromatic N) is 1. The molecule has 0 saturated carbocycles. The van der Waals surface area contributed by atoms with E-state index in [0.29, 0.717) is 28.4 Å². The molecule has 0 bridgehead atoms. The van der Waals surface area contributed by atoms with Crippen LogP contribution in [0.5, 0.6) is 28.7 Å². The van der Waals surface area contributed by atoms with Crippen LogP contribution in [0.4, 0.5) is 0 Å². The molecule has 1 aliphatic heterocycles. The first-order chi connectivity index (χ1) is 18.4. The fraction of sp³-hybridized carbons (Fsp3) is 0.200. The second kappa shape index (κ2) is 9.97. The highest BCUT2D eigenvalue weighted by Gasteiger charge is 2.31. The molecule has 8 nitrogen and oxygen atoms in total. The highest BCUT2D eigenvalue weighted by atomic mass is 16.5. The Kier molecular flexibility index (Phi) is 6.55. The molecule has 194 valence electrons. The maximum absolute atomic E-state index is 13.3. The smallest absolute Gasteiger partial charge is 0.351 e. The molecule has 0 atom stereocenters. The number of fused-ring (bicyclic) bond motifs is 2. The van der Waals surface area contributed by atoms with Gasteiger partial charge in [-0.3, -0.25) is 4.79 Å². The third kappa shape index (κ3) is 4.24. The van der Waals surface area contributed by atoms with E-state index in [0.717, 1.165) is 28.8 Å². The summed E-state index contributed by atoms with van der Waals surface area (Å²) in [5, 5.41) is 0.947. The lowest BCUT2D eigenvalue weighted by atomic mass is 10.0. The molecule has 0 unspecified atom stereocenters. The van der Waals surface area contributed by atoms with E-state index in [1.54, 1.807) is 50.4 Å². The lowest BCUT2D eigenvalue weighted by Crippen LogP contribution is -2.12. The molecule has 8 heteroatoms. The number of methoxy groups -OCH3 is 3. The van der Waals surface area contributed by atoms with Crippen LogP contribution in [0.15, 0.2) is 60.5 Å². The minimum Gasteiger partial charge on any atom is -0.497 e. The molecule has 0 amide bonds. The normalized spacial score (nSPS) is 13.4. The fourth-order valence-corrected chi connectivity index (χ4v) is 4.70. The van der Waals surface area contributed by atoms with Gasteiger partial charge in [0.05, 0.1) is 26.9 Å². The lowest BCUT2D eigenvalue weighted by Gasteiger charge is -2.13. The highest BCUT2D eigenvalue weighted by molar-refractivity contribution is 6.16. The number of rotatable bonds is 7. The van der Waals surface area contributed by atoms with Gasteiger partial charge in [-0.05, 0) is 61.9 Å². The number of aromatic nitrogens is 1. The Bertz CT molecular complexity index is 1590. The van der Waals surface area contributed by atoms with Crippen molar-refractivity contribution in [2.75, 3.05) is 21.3 Å². The van der Waals surface area contributed by atoms with E-state index in [1.165, 1.54) is 14.2 Å². The number of ether oxygens (including phenoxy) is 5. The standard InChI is InChI=1S/C30H27NO7/c1-6-31-16-18(21-14-19(34-3)10-11-22(21)31)13-26-29(32)27-17(2)12-20(15-25(27)38-26)37-30(33)28-23(35-4)8-7-9-24(28)36-5/h7-16H,6H2,1-5H3/b26-13-. The summed E-state index contributed by atoms with van der Waals surface area (Å²) in [5.41, 5.74) is 3.09. The molecule has 1 aromatic heterocycles. The third-order valence-electron chi connectivity index (χ3n) is 6.53. The van der Waals surface area contributed by atoms with Crippen molar-refractivity contribution in [3.63, 3.8) is 0 Å². The molecule has 4 aromatic rings. The van der Waals surface area contributed by atoms with Gasteiger partial charge in [0.25, 0.3) is 0 Å². The molecule has 0 fully saturated rings. The van der Waals surface area contributed by atoms with E-state index >= 15 is 0 Å². The minimum absolute atomic E-state index is 0.163. The third-order valence-corrected chi connectivity index (χ3v) is 6.53. The Labute approximate surface area is 219 Å². The second-order valence-corrected chi connectivity index (χ2v) is 8.73. The predicted octanol–water partition coefficient (Wildman–Crippen LogP) is 5.83. The van der Waals surface area contributed by atoms with Crippen molar-refractivity contribution in [3.05, 3.63) is 82.7 Å². The van der Waals surface area contributed by atoms with E-state index < -0.39 is 5.97 Å². The van der Waals surface area contributed by atoms with E-state index in [2.05, 4.69) is 11.5 Å². The van der Waals surface area contributed by atoms with Crippen LogP contribution in [-0.2, 0) is 6.54 Å². The van der Waals surface area contributed by atoms with Crippen LogP contribution in [0, 0.1) is 6.92 Å². The Morgan fingerprint density at radius 2 is 1.71 bits per heavy atom. The Balaban J connectivity index is 1.48.